The molecule has 4 aromatic rings. The highest BCUT2D eigenvalue weighted by molar-refractivity contribution is 5.91. The standard InChI is InChI=1S/C31H27F3N2O5/c1-18-27(35-29(39)40-19(2)23-4-3-5-25(16-23)31(32,33)34)28(41-36-18)22-8-6-20(7-9-22)21-10-12-24(13-11-21)30(14-15-30)17-26(37)38/h3-13,16,19H,14-15,17H2,1-2H3,(H,35,39)(H,37,38). The third-order valence-electron chi connectivity index (χ3n) is 7.38. The topological polar surface area (TPSA) is 102 Å². The normalized spacial score (nSPS) is 14.8. The summed E-state index contributed by atoms with van der Waals surface area (Å²) in [6, 6.07) is 19.9. The maximum absolute atomic E-state index is 13.1. The maximum atomic E-state index is 13.1. The summed E-state index contributed by atoms with van der Waals surface area (Å²) < 4.78 is 50.0. The molecule has 0 saturated heterocycles. The summed E-state index contributed by atoms with van der Waals surface area (Å²) in [6.07, 6.45) is -4.43. The number of rotatable bonds is 8. The lowest BCUT2D eigenvalue weighted by atomic mass is 9.91. The van der Waals surface area contributed by atoms with Crippen molar-refractivity contribution in [3.8, 4) is 22.5 Å². The Bertz CT molecular complexity index is 1570. The minimum atomic E-state index is -4.51. The van der Waals surface area contributed by atoms with E-state index < -0.39 is 29.9 Å². The molecule has 1 saturated carbocycles. The zero-order valence-corrected chi connectivity index (χ0v) is 22.3. The summed E-state index contributed by atoms with van der Waals surface area (Å²) in [5.74, 6) is -0.491. The minimum absolute atomic E-state index is 0.131. The Morgan fingerprint density at radius 2 is 1.63 bits per heavy atom. The fraction of sp³-hybridized carbons (Fsp3) is 0.258. The van der Waals surface area contributed by atoms with E-state index >= 15 is 0 Å². The summed E-state index contributed by atoms with van der Waals surface area (Å²) in [6.45, 7) is 3.13. The number of carbonyl (C=O) groups is 2. The smallest absolute Gasteiger partial charge is 0.416 e. The van der Waals surface area contributed by atoms with Gasteiger partial charge in [0, 0.05) is 11.0 Å². The Hall–Kier alpha value is -4.60. The second-order valence-electron chi connectivity index (χ2n) is 10.3. The molecule has 2 N–H and O–H groups in total. The van der Waals surface area contributed by atoms with Gasteiger partial charge in [0.2, 0.25) is 0 Å². The molecular formula is C31H27F3N2O5. The third-order valence-corrected chi connectivity index (χ3v) is 7.38. The molecular weight excluding hydrogens is 537 g/mol. The van der Waals surface area contributed by atoms with Gasteiger partial charge >= 0.3 is 18.2 Å². The number of aliphatic carboxylic acids is 1. The first kappa shape index (κ1) is 27.9. The lowest BCUT2D eigenvalue weighted by molar-refractivity contribution is -0.138. The van der Waals surface area contributed by atoms with Gasteiger partial charge in [-0.1, -0.05) is 65.8 Å². The third kappa shape index (κ3) is 6.11. The van der Waals surface area contributed by atoms with E-state index in [4.69, 9.17) is 9.26 Å². The van der Waals surface area contributed by atoms with Crippen LogP contribution in [0.3, 0.4) is 0 Å². The van der Waals surface area contributed by atoms with Crippen molar-refractivity contribution in [2.45, 2.75) is 50.8 Å². The highest BCUT2D eigenvalue weighted by Gasteiger charge is 2.45. The van der Waals surface area contributed by atoms with Gasteiger partial charge in [-0.15, -0.1) is 0 Å². The number of hydrogen-bond acceptors (Lipinski definition) is 5. The molecule has 1 amide bonds. The van der Waals surface area contributed by atoms with Crippen LogP contribution in [0.2, 0.25) is 0 Å². The number of benzene rings is 3. The molecule has 0 radical (unpaired) electrons. The van der Waals surface area contributed by atoms with E-state index in [1.807, 2.05) is 48.5 Å². The predicted octanol–water partition coefficient (Wildman–Crippen LogP) is 8.15. The van der Waals surface area contributed by atoms with E-state index in [-0.39, 0.29) is 23.1 Å². The fourth-order valence-electron chi connectivity index (χ4n) is 4.88. The first-order valence-electron chi connectivity index (χ1n) is 13.0. The minimum Gasteiger partial charge on any atom is -0.481 e. The first-order valence-corrected chi connectivity index (χ1v) is 13.0. The molecule has 0 bridgehead atoms. The number of hydrogen-bond donors (Lipinski definition) is 2. The molecule has 0 aliphatic heterocycles. The van der Waals surface area contributed by atoms with Crippen LogP contribution in [0.4, 0.5) is 23.7 Å². The number of amides is 1. The van der Waals surface area contributed by atoms with Gasteiger partial charge in [0.1, 0.15) is 17.5 Å². The molecule has 7 nitrogen and oxygen atoms in total. The molecule has 3 aromatic carbocycles. The Balaban J connectivity index is 1.27. The van der Waals surface area contributed by atoms with Crippen LogP contribution in [-0.2, 0) is 21.1 Å². The summed E-state index contributed by atoms with van der Waals surface area (Å²) >= 11 is 0. The number of nitrogens with one attached hydrogen (secondary N) is 1. The summed E-state index contributed by atoms with van der Waals surface area (Å²) in [7, 11) is 0. The lowest BCUT2D eigenvalue weighted by Crippen LogP contribution is -2.17. The second-order valence-corrected chi connectivity index (χ2v) is 10.3. The van der Waals surface area contributed by atoms with Gasteiger partial charge in [0.05, 0.1) is 12.0 Å². The van der Waals surface area contributed by atoms with Crippen LogP contribution < -0.4 is 5.32 Å². The van der Waals surface area contributed by atoms with Crippen molar-refractivity contribution < 1.29 is 37.1 Å². The summed E-state index contributed by atoms with van der Waals surface area (Å²) in [4.78, 5) is 23.9. The van der Waals surface area contributed by atoms with Gasteiger partial charge in [0.25, 0.3) is 0 Å². The number of ether oxygens (including phenoxy) is 1. The average molecular weight is 565 g/mol. The van der Waals surface area contributed by atoms with Crippen LogP contribution in [0.5, 0.6) is 0 Å². The Kier molecular flexibility index (Phi) is 7.33. The van der Waals surface area contributed by atoms with E-state index in [1.165, 1.54) is 19.1 Å². The van der Waals surface area contributed by atoms with Crippen molar-refractivity contribution >= 4 is 17.7 Å². The van der Waals surface area contributed by atoms with Gasteiger partial charge in [-0.2, -0.15) is 13.2 Å². The molecule has 1 aromatic heterocycles. The zero-order valence-electron chi connectivity index (χ0n) is 22.3. The number of alkyl halides is 3. The van der Waals surface area contributed by atoms with Crippen molar-refractivity contribution in [2.75, 3.05) is 5.32 Å². The SMILES string of the molecule is Cc1noc(-c2ccc(-c3ccc(C4(CC(=O)O)CC4)cc3)cc2)c1NC(=O)OC(C)c1cccc(C(F)(F)F)c1. The van der Waals surface area contributed by atoms with Crippen LogP contribution >= 0.6 is 0 Å². The molecule has 1 heterocycles. The Morgan fingerprint density at radius 3 is 2.22 bits per heavy atom. The second kappa shape index (κ2) is 10.8. The van der Waals surface area contributed by atoms with Gasteiger partial charge in [-0.05, 0) is 61.1 Å². The number of carbonyl (C=O) groups excluding carboxylic acids is 1. The number of carboxylic acid groups (broad SMARTS) is 1. The van der Waals surface area contributed by atoms with Crippen molar-refractivity contribution in [3.05, 3.63) is 95.2 Å². The van der Waals surface area contributed by atoms with Gasteiger partial charge < -0.3 is 14.4 Å². The number of carboxylic acids is 1. The largest absolute Gasteiger partial charge is 0.481 e. The molecule has 1 aliphatic rings. The van der Waals surface area contributed by atoms with Crippen LogP contribution in [0, 0.1) is 6.92 Å². The summed E-state index contributed by atoms with van der Waals surface area (Å²) in [5, 5.41) is 15.8. The van der Waals surface area contributed by atoms with E-state index in [2.05, 4.69) is 10.5 Å². The van der Waals surface area contributed by atoms with E-state index in [1.54, 1.807) is 6.92 Å². The number of aryl methyl sites for hydroxylation is 1. The highest BCUT2D eigenvalue weighted by Crippen LogP contribution is 2.51. The van der Waals surface area contributed by atoms with Crippen molar-refractivity contribution in [3.63, 3.8) is 0 Å². The van der Waals surface area contributed by atoms with Gasteiger partial charge in [0.15, 0.2) is 5.76 Å². The van der Waals surface area contributed by atoms with Gasteiger partial charge in [-0.3, -0.25) is 10.1 Å². The molecule has 41 heavy (non-hydrogen) atoms. The highest BCUT2D eigenvalue weighted by atomic mass is 19.4. The number of halogens is 3. The van der Waals surface area contributed by atoms with Crippen molar-refractivity contribution in [1.29, 1.82) is 0 Å². The average Bonchev–Trinajstić information content (AvgIpc) is 3.63. The van der Waals surface area contributed by atoms with E-state index in [0.717, 1.165) is 41.7 Å². The molecule has 10 heteroatoms. The maximum Gasteiger partial charge on any atom is 0.416 e. The number of nitrogens with zero attached hydrogens (tertiary/aromatic N) is 1. The quantitative estimate of drug-likeness (QED) is 0.224. The monoisotopic (exact) mass is 564 g/mol. The van der Waals surface area contributed by atoms with Crippen LogP contribution in [0.25, 0.3) is 22.5 Å². The van der Waals surface area contributed by atoms with Gasteiger partial charge in [-0.25, -0.2) is 4.79 Å². The van der Waals surface area contributed by atoms with Crippen LogP contribution in [-0.4, -0.2) is 22.3 Å². The predicted molar refractivity (Wildman–Crippen MR) is 145 cm³/mol. The fourth-order valence-corrected chi connectivity index (χ4v) is 4.88. The molecule has 5 rings (SSSR count). The number of anilines is 1. The molecule has 1 aliphatic carbocycles. The van der Waals surface area contributed by atoms with Crippen molar-refractivity contribution in [2.24, 2.45) is 0 Å². The van der Waals surface area contributed by atoms with E-state index in [9.17, 15) is 27.9 Å². The summed E-state index contributed by atoms with van der Waals surface area (Å²) in [5.41, 5.74) is 3.38. The number of aromatic nitrogens is 1. The lowest BCUT2D eigenvalue weighted by Gasteiger charge is -2.16. The molecule has 0 spiro atoms. The molecule has 1 unspecified atom stereocenters. The van der Waals surface area contributed by atoms with E-state index in [0.29, 0.717) is 17.0 Å². The molecule has 1 atom stereocenters. The Morgan fingerprint density at radius 1 is 1.02 bits per heavy atom. The van der Waals surface area contributed by atoms with Crippen LogP contribution in [0.15, 0.2) is 77.3 Å². The Labute approximate surface area is 233 Å². The molecule has 212 valence electrons. The zero-order chi connectivity index (χ0) is 29.4. The van der Waals surface area contributed by atoms with Crippen molar-refractivity contribution in [1.82, 2.24) is 5.16 Å². The van der Waals surface area contributed by atoms with Crippen LogP contribution in [0.1, 0.15) is 54.7 Å². The molecule has 1 fully saturated rings. The first-order chi connectivity index (χ1) is 19.4.